The second-order valence-corrected chi connectivity index (χ2v) is 4.16. The lowest BCUT2D eigenvalue weighted by molar-refractivity contribution is 0.0807. The normalized spacial score (nSPS) is 10.3. The van der Waals surface area contributed by atoms with E-state index in [4.69, 9.17) is 0 Å². The molecule has 92 valence electrons. The van der Waals surface area contributed by atoms with Crippen LogP contribution in [0.1, 0.15) is 10.4 Å². The maximum atomic E-state index is 12.1. The van der Waals surface area contributed by atoms with Crippen LogP contribution in [0.4, 0.5) is 0 Å². The van der Waals surface area contributed by atoms with E-state index < -0.39 is 0 Å². The molecule has 0 atom stereocenters. The Bertz CT molecular complexity index is 604. The number of nitrogens with zero attached hydrogens (tertiary/aromatic N) is 1. The number of hydrogen-bond donors (Lipinski definition) is 1. The average molecular weight is 241 g/mol. The van der Waals surface area contributed by atoms with Gasteiger partial charge < -0.3 is 10.0 Å². The third kappa shape index (κ3) is 2.07. The zero-order valence-corrected chi connectivity index (χ0v) is 10.3. The highest BCUT2D eigenvalue weighted by Gasteiger charge is 2.16. The van der Waals surface area contributed by atoms with Gasteiger partial charge in [-0.2, -0.15) is 0 Å². The maximum absolute atomic E-state index is 12.1. The molecular weight excluding hydrogens is 226 g/mol. The highest BCUT2D eigenvalue weighted by molar-refractivity contribution is 6.03. The number of hydrogen-bond acceptors (Lipinski definition) is 2. The molecule has 2 aromatic rings. The summed E-state index contributed by atoms with van der Waals surface area (Å²) in [4.78, 5) is 13.6. The second-order valence-electron chi connectivity index (χ2n) is 4.16. The monoisotopic (exact) mass is 241 g/mol. The number of aromatic hydroxyl groups is 1. The second kappa shape index (κ2) is 4.92. The molecule has 3 nitrogen and oxygen atoms in total. The first-order valence-electron chi connectivity index (χ1n) is 5.72. The van der Waals surface area contributed by atoms with Crippen molar-refractivity contribution in [3.63, 3.8) is 0 Å². The van der Waals surface area contributed by atoms with Crippen molar-refractivity contribution >= 4 is 16.7 Å². The van der Waals surface area contributed by atoms with Gasteiger partial charge in [0, 0.05) is 19.0 Å². The molecule has 0 saturated heterocycles. The Morgan fingerprint density at radius 3 is 2.78 bits per heavy atom. The van der Waals surface area contributed by atoms with E-state index in [9.17, 15) is 9.90 Å². The van der Waals surface area contributed by atoms with E-state index in [2.05, 4.69) is 6.58 Å². The van der Waals surface area contributed by atoms with Crippen LogP contribution in [-0.2, 0) is 0 Å². The predicted molar refractivity (Wildman–Crippen MR) is 72.8 cm³/mol. The van der Waals surface area contributed by atoms with Crippen molar-refractivity contribution in [1.29, 1.82) is 0 Å². The third-order valence-electron chi connectivity index (χ3n) is 2.88. The molecule has 0 aliphatic carbocycles. The Balaban J connectivity index is 2.49. The van der Waals surface area contributed by atoms with E-state index in [1.807, 2.05) is 24.3 Å². The molecule has 1 N–H and O–H groups in total. The average Bonchev–Trinajstić information content (AvgIpc) is 2.39. The van der Waals surface area contributed by atoms with Crippen molar-refractivity contribution < 1.29 is 9.90 Å². The number of phenols is 1. The van der Waals surface area contributed by atoms with E-state index in [1.54, 1.807) is 25.3 Å². The molecule has 2 rings (SSSR count). The number of benzene rings is 2. The van der Waals surface area contributed by atoms with Crippen LogP contribution in [0.2, 0.25) is 0 Å². The number of fused-ring (bicyclic) bond motifs is 1. The fraction of sp³-hybridized carbons (Fsp3) is 0.133. The Hall–Kier alpha value is -2.29. The summed E-state index contributed by atoms with van der Waals surface area (Å²) in [5.74, 6) is -0.174. The van der Waals surface area contributed by atoms with Crippen molar-refractivity contribution in [1.82, 2.24) is 4.90 Å². The highest BCUT2D eigenvalue weighted by atomic mass is 16.3. The number of amides is 1. The van der Waals surface area contributed by atoms with Gasteiger partial charge in [0.15, 0.2) is 0 Å². The molecule has 0 aromatic heterocycles. The van der Waals surface area contributed by atoms with Crippen molar-refractivity contribution in [2.45, 2.75) is 0 Å². The molecule has 0 heterocycles. The van der Waals surface area contributed by atoms with Gasteiger partial charge in [-0.05, 0) is 11.5 Å². The van der Waals surface area contributed by atoms with Gasteiger partial charge in [0.1, 0.15) is 5.75 Å². The molecule has 0 bridgehead atoms. The fourth-order valence-electron chi connectivity index (χ4n) is 1.91. The van der Waals surface area contributed by atoms with Crippen LogP contribution in [0, 0.1) is 0 Å². The summed E-state index contributed by atoms with van der Waals surface area (Å²) in [5.41, 5.74) is 0.318. The molecule has 0 unspecified atom stereocenters. The lowest BCUT2D eigenvalue weighted by Gasteiger charge is -2.16. The number of phenolic OH excluding ortho intramolecular Hbond substituents is 1. The Kier molecular flexibility index (Phi) is 3.33. The van der Waals surface area contributed by atoms with E-state index in [-0.39, 0.29) is 11.7 Å². The number of carbonyl (C=O) groups excluding carboxylic acids is 1. The van der Waals surface area contributed by atoms with Crippen molar-refractivity contribution in [2.75, 3.05) is 13.6 Å². The first kappa shape index (κ1) is 12.2. The fourth-order valence-corrected chi connectivity index (χ4v) is 1.91. The van der Waals surface area contributed by atoms with Crippen molar-refractivity contribution in [2.24, 2.45) is 0 Å². The SMILES string of the molecule is C=CCN(C)C(=O)c1ccc2ccccc2c1O. The minimum absolute atomic E-state index is 0.0361. The molecule has 0 aliphatic heterocycles. The van der Waals surface area contributed by atoms with E-state index >= 15 is 0 Å². The molecule has 3 heteroatoms. The van der Waals surface area contributed by atoms with Gasteiger partial charge in [0.25, 0.3) is 5.91 Å². The number of carbonyl (C=O) groups is 1. The molecule has 0 saturated carbocycles. The highest BCUT2D eigenvalue weighted by Crippen LogP contribution is 2.29. The maximum Gasteiger partial charge on any atom is 0.257 e. The van der Waals surface area contributed by atoms with Gasteiger partial charge in [-0.3, -0.25) is 4.79 Å². The first-order chi connectivity index (χ1) is 8.65. The van der Waals surface area contributed by atoms with E-state index in [0.717, 1.165) is 5.39 Å². The van der Waals surface area contributed by atoms with Gasteiger partial charge in [-0.25, -0.2) is 0 Å². The van der Waals surface area contributed by atoms with Gasteiger partial charge in [0.2, 0.25) is 0 Å². The van der Waals surface area contributed by atoms with Crippen LogP contribution in [0.15, 0.2) is 49.1 Å². The van der Waals surface area contributed by atoms with Crippen LogP contribution < -0.4 is 0 Å². The van der Waals surface area contributed by atoms with Gasteiger partial charge in [-0.1, -0.05) is 36.4 Å². The standard InChI is InChI=1S/C15H15NO2/c1-3-10-16(2)15(18)13-9-8-11-6-4-5-7-12(11)14(13)17/h3-9,17H,1,10H2,2H3. The Morgan fingerprint density at radius 2 is 2.06 bits per heavy atom. The summed E-state index contributed by atoms with van der Waals surface area (Å²) >= 11 is 0. The summed E-state index contributed by atoms with van der Waals surface area (Å²) in [7, 11) is 1.68. The third-order valence-corrected chi connectivity index (χ3v) is 2.88. The molecule has 0 aliphatic rings. The molecule has 18 heavy (non-hydrogen) atoms. The van der Waals surface area contributed by atoms with Crippen molar-refractivity contribution in [3.05, 3.63) is 54.6 Å². The predicted octanol–water partition coefficient (Wildman–Crippen LogP) is 2.80. The van der Waals surface area contributed by atoms with Crippen LogP contribution in [-0.4, -0.2) is 29.5 Å². The first-order valence-corrected chi connectivity index (χ1v) is 5.72. The minimum atomic E-state index is -0.210. The van der Waals surface area contributed by atoms with Crippen LogP contribution in [0.3, 0.4) is 0 Å². The largest absolute Gasteiger partial charge is 0.506 e. The topological polar surface area (TPSA) is 40.5 Å². The Morgan fingerprint density at radius 1 is 1.33 bits per heavy atom. The Labute approximate surface area is 106 Å². The van der Waals surface area contributed by atoms with Crippen molar-refractivity contribution in [3.8, 4) is 5.75 Å². The smallest absolute Gasteiger partial charge is 0.257 e. The van der Waals surface area contributed by atoms with Gasteiger partial charge >= 0.3 is 0 Å². The van der Waals surface area contributed by atoms with Crippen LogP contribution in [0.5, 0.6) is 5.75 Å². The summed E-state index contributed by atoms with van der Waals surface area (Å²) in [6.07, 6.45) is 1.65. The summed E-state index contributed by atoms with van der Waals surface area (Å²) in [6, 6.07) is 10.9. The van der Waals surface area contributed by atoms with Gasteiger partial charge in [0.05, 0.1) is 5.56 Å². The molecule has 0 fully saturated rings. The summed E-state index contributed by atoms with van der Waals surface area (Å²) < 4.78 is 0. The molecular formula is C15H15NO2. The molecule has 0 spiro atoms. The summed E-state index contributed by atoms with van der Waals surface area (Å²) in [5, 5.41) is 11.8. The van der Waals surface area contributed by atoms with Crippen LogP contribution >= 0.6 is 0 Å². The zero-order valence-electron chi connectivity index (χ0n) is 10.3. The number of likely N-dealkylation sites (N-methyl/N-ethyl adjacent to an activating group) is 1. The molecule has 2 aromatic carbocycles. The molecule has 1 amide bonds. The number of rotatable bonds is 3. The van der Waals surface area contributed by atoms with Gasteiger partial charge in [-0.15, -0.1) is 6.58 Å². The van der Waals surface area contributed by atoms with E-state index in [1.165, 1.54) is 4.90 Å². The quantitative estimate of drug-likeness (QED) is 0.839. The summed E-state index contributed by atoms with van der Waals surface area (Å²) in [6.45, 7) is 4.04. The molecule has 0 radical (unpaired) electrons. The van der Waals surface area contributed by atoms with E-state index in [0.29, 0.717) is 17.5 Å². The zero-order chi connectivity index (χ0) is 13.1. The lowest BCUT2D eigenvalue weighted by atomic mass is 10.0. The minimum Gasteiger partial charge on any atom is -0.506 e. The van der Waals surface area contributed by atoms with Crippen LogP contribution in [0.25, 0.3) is 10.8 Å². The lowest BCUT2D eigenvalue weighted by Crippen LogP contribution is -2.26.